The Hall–Kier alpha value is -4.50. The van der Waals surface area contributed by atoms with E-state index in [-0.39, 0.29) is 63.2 Å². The SMILES string of the molecule is CC(NC(=O)CCC/C=C\C[C@@H]1[C@@H](/C=C/[C@@H](O)COc2cccc(Cl)c2)[C@H](O)C[C@@H]1O)C(=O)Oc1ccc(CCOC(=O)CCCO[N+](=O)[O-])cc1. The van der Waals surface area contributed by atoms with Gasteiger partial charge in [0.25, 0.3) is 5.09 Å². The highest BCUT2D eigenvalue weighted by atomic mass is 35.5. The summed E-state index contributed by atoms with van der Waals surface area (Å²) in [6, 6.07) is 12.6. The minimum Gasteiger partial charge on any atom is -0.491 e. The highest BCUT2D eigenvalue weighted by molar-refractivity contribution is 6.30. The second-order valence-electron chi connectivity index (χ2n) is 12.4. The smallest absolute Gasteiger partial charge is 0.333 e. The van der Waals surface area contributed by atoms with Gasteiger partial charge in [0, 0.05) is 36.6 Å². The van der Waals surface area contributed by atoms with E-state index in [2.05, 4.69) is 10.2 Å². The van der Waals surface area contributed by atoms with Crippen LogP contribution < -0.4 is 14.8 Å². The van der Waals surface area contributed by atoms with Gasteiger partial charge >= 0.3 is 11.9 Å². The molecule has 1 fully saturated rings. The van der Waals surface area contributed by atoms with Gasteiger partial charge in [0.1, 0.15) is 30.3 Å². The Morgan fingerprint density at radius 2 is 1.81 bits per heavy atom. The van der Waals surface area contributed by atoms with Crippen LogP contribution >= 0.6 is 11.6 Å². The largest absolute Gasteiger partial charge is 0.491 e. The Bertz CT molecular complexity index is 1500. The van der Waals surface area contributed by atoms with Crippen molar-refractivity contribution >= 4 is 29.4 Å². The number of nitrogens with one attached hydrogen (secondary N) is 1. The van der Waals surface area contributed by atoms with Crippen molar-refractivity contribution in [3.63, 3.8) is 0 Å². The Morgan fingerprint density at radius 3 is 2.54 bits per heavy atom. The van der Waals surface area contributed by atoms with E-state index in [1.54, 1.807) is 60.7 Å². The molecule has 1 saturated carbocycles. The first-order valence-corrected chi connectivity index (χ1v) is 17.6. The molecule has 3 rings (SSSR count). The zero-order valence-corrected chi connectivity index (χ0v) is 29.8. The molecule has 15 heteroatoms. The fourth-order valence-corrected chi connectivity index (χ4v) is 5.70. The average molecular weight is 747 g/mol. The Labute approximate surface area is 307 Å². The first-order chi connectivity index (χ1) is 24.9. The number of esters is 2. The molecule has 2 aromatic rings. The summed E-state index contributed by atoms with van der Waals surface area (Å²) in [5, 5.41) is 43.7. The van der Waals surface area contributed by atoms with Gasteiger partial charge in [-0.15, -0.1) is 10.1 Å². The lowest BCUT2D eigenvalue weighted by Crippen LogP contribution is -2.40. The third-order valence-corrected chi connectivity index (χ3v) is 8.52. The number of hydrogen-bond donors (Lipinski definition) is 4. The molecule has 0 aromatic heterocycles. The van der Waals surface area contributed by atoms with Crippen LogP contribution in [0.2, 0.25) is 5.02 Å². The number of aliphatic hydroxyl groups is 3. The second kappa shape index (κ2) is 22.4. The van der Waals surface area contributed by atoms with E-state index in [1.807, 2.05) is 12.2 Å². The summed E-state index contributed by atoms with van der Waals surface area (Å²) in [6.07, 6.45) is 7.47. The van der Waals surface area contributed by atoms with Crippen LogP contribution in [0.25, 0.3) is 0 Å². The lowest BCUT2D eigenvalue weighted by molar-refractivity contribution is -0.757. The molecule has 14 nitrogen and oxygen atoms in total. The van der Waals surface area contributed by atoms with Crippen LogP contribution in [0.5, 0.6) is 11.5 Å². The zero-order chi connectivity index (χ0) is 37.9. The molecular formula is C37H47ClN2O12. The maximum absolute atomic E-state index is 12.5. The summed E-state index contributed by atoms with van der Waals surface area (Å²) >= 11 is 5.95. The van der Waals surface area contributed by atoms with Crippen molar-refractivity contribution in [1.29, 1.82) is 0 Å². The van der Waals surface area contributed by atoms with Crippen LogP contribution in [0.15, 0.2) is 72.8 Å². The fourth-order valence-electron chi connectivity index (χ4n) is 5.52. The van der Waals surface area contributed by atoms with Gasteiger partial charge in [-0.1, -0.05) is 54.1 Å². The monoisotopic (exact) mass is 746 g/mol. The number of nitrogens with zero attached hydrogens (tertiary/aromatic N) is 1. The van der Waals surface area contributed by atoms with Crippen molar-refractivity contribution in [3.8, 4) is 11.5 Å². The Kier molecular flexibility index (Phi) is 18.1. The number of rotatable bonds is 22. The molecule has 0 spiro atoms. The number of hydrogen-bond acceptors (Lipinski definition) is 12. The summed E-state index contributed by atoms with van der Waals surface area (Å²) < 4.78 is 16.0. The van der Waals surface area contributed by atoms with E-state index in [0.717, 1.165) is 5.56 Å². The molecule has 1 aliphatic rings. The molecule has 0 saturated heterocycles. The van der Waals surface area contributed by atoms with Crippen molar-refractivity contribution < 1.29 is 53.8 Å². The minimum atomic E-state index is -0.917. The minimum absolute atomic E-state index is 0.00495. The second-order valence-corrected chi connectivity index (χ2v) is 12.9. The predicted octanol–water partition coefficient (Wildman–Crippen LogP) is 4.29. The number of carbonyl (C=O) groups is 3. The topological polar surface area (TPSA) is 204 Å². The Balaban J connectivity index is 1.30. The van der Waals surface area contributed by atoms with E-state index in [9.17, 15) is 39.8 Å². The van der Waals surface area contributed by atoms with Gasteiger partial charge in [-0.25, -0.2) is 4.79 Å². The van der Waals surface area contributed by atoms with Crippen molar-refractivity contribution in [3.05, 3.63) is 93.5 Å². The van der Waals surface area contributed by atoms with Gasteiger partial charge in [-0.3, -0.25) is 9.59 Å². The lowest BCUT2D eigenvalue weighted by Gasteiger charge is -2.19. The summed E-state index contributed by atoms with van der Waals surface area (Å²) in [5.74, 6) is -1.16. The van der Waals surface area contributed by atoms with Gasteiger partial charge in [0.05, 0.1) is 25.4 Å². The number of unbranched alkanes of at least 4 members (excludes halogenated alkanes) is 1. The van der Waals surface area contributed by atoms with Crippen molar-refractivity contribution in [2.75, 3.05) is 19.8 Å². The van der Waals surface area contributed by atoms with E-state index >= 15 is 0 Å². The number of carbonyl (C=O) groups excluding carboxylic acids is 3. The zero-order valence-electron chi connectivity index (χ0n) is 29.0. The van der Waals surface area contributed by atoms with Gasteiger partial charge in [-0.05, 0) is 74.4 Å². The number of aliphatic hydroxyl groups excluding tert-OH is 3. The molecule has 0 heterocycles. The van der Waals surface area contributed by atoms with Crippen LogP contribution in [0.3, 0.4) is 0 Å². The molecule has 0 radical (unpaired) electrons. The van der Waals surface area contributed by atoms with Gasteiger partial charge < -0.3 is 39.7 Å². The molecule has 284 valence electrons. The molecular weight excluding hydrogens is 700 g/mol. The summed E-state index contributed by atoms with van der Waals surface area (Å²) in [7, 11) is 0. The standard InChI is InChI=1S/C37H47ClN2O12/c1-25(37(46)52-29-16-13-26(14-17-29)19-21-49-36(45)12-7-20-51-40(47)48)39-35(44)11-5-3-2-4-10-31-32(34(43)23-33(31)42)18-15-28(41)24-50-30-9-6-8-27(38)22-30/h2,4,6,8-9,13-18,22,25,28,31-34,41-43H,3,5,7,10-12,19-21,23-24H2,1H3,(H,39,44)/b4-2-,18-15+/t25?,28-,31-,32-,33+,34-/m1/s1. The Morgan fingerprint density at radius 1 is 1.04 bits per heavy atom. The predicted molar refractivity (Wildman–Crippen MR) is 190 cm³/mol. The molecule has 0 aliphatic heterocycles. The van der Waals surface area contributed by atoms with Gasteiger partial charge in [0.15, 0.2) is 0 Å². The number of ether oxygens (including phenoxy) is 3. The number of benzene rings is 2. The molecule has 1 aliphatic carbocycles. The third-order valence-electron chi connectivity index (χ3n) is 8.29. The van der Waals surface area contributed by atoms with Crippen LogP contribution in [0.4, 0.5) is 0 Å². The fraction of sp³-hybridized carbons (Fsp3) is 0.486. The summed E-state index contributed by atoms with van der Waals surface area (Å²) in [5.41, 5.74) is 0.834. The van der Waals surface area contributed by atoms with E-state index in [1.165, 1.54) is 6.92 Å². The highest BCUT2D eigenvalue weighted by Gasteiger charge is 2.39. The number of allylic oxidation sites excluding steroid dienone is 2. The van der Waals surface area contributed by atoms with E-state index < -0.39 is 41.4 Å². The van der Waals surface area contributed by atoms with Crippen molar-refractivity contribution in [2.45, 2.75) is 82.6 Å². The molecule has 1 unspecified atom stereocenters. The normalized spacial score (nSPS) is 19.6. The molecule has 4 N–H and O–H groups in total. The van der Waals surface area contributed by atoms with Crippen molar-refractivity contribution in [2.24, 2.45) is 11.8 Å². The molecule has 2 aromatic carbocycles. The quantitative estimate of drug-likeness (QED) is 0.0333. The van der Waals surface area contributed by atoms with Crippen LogP contribution in [-0.2, 0) is 30.4 Å². The molecule has 1 amide bonds. The summed E-state index contributed by atoms with van der Waals surface area (Å²) in [6.45, 7) is 1.48. The average Bonchev–Trinajstić information content (AvgIpc) is 3.37. The van der Waals surface area contributed by atoms with Gasteiger partial charge in [-0.2, -0.15) is 0 Å². The van der Waals surface area contributed by atoms with Crippen LogP contribution in [-0.4, -0.2) is 82.4 Å². The lowest BCUT2D eigenvalue weighted by atomic mass is 9.89. The van der Waals surface area contributed by atoms with E-state index in [0.29, 0.717) is 42.2 Å². The first kappa shape index (κ1) is 41.9. The highest BCUT2D eigenvalue weighted by Crippen LogP contribution is 2.36. The number of halogens is 1. The van der Waals surface area contributed by atoms with Crippen LogP contribution in [0.1, 0.15) is 57.4 Å². The number of amides is 1. The third kappa shape index (κ3) is 15.8. The molecule has 6 atom stereocenters. The maximum atomic E-state index is 12.5. The summed E-state index contributed by atoms with van der Waals surface area (Å²) in [4.78, 5) is 50.9. The molecule has 0 bridgehead atoms. The maximum Gasteiger partial charge on any atom is 0.333 e. The van der Waals surface area contributed by atoms with Crippen molar-refractivity contribution in [1.82, 2.24) is 5.32 Å². The first-order valence-electron chi connectivity index (χ1n) is 17.2. The van der Waals surface area contributed by atoms with Gasteiger partial charge in [0.2, 0.25) is 5.91 Å². The van der Waals surface area contributed by atoms with Crippen LogP contribution in [0, 0.1) is 22.0 Å². The van der Waals surface area contributed by atoms with E-state index in [4.69, 9.17) is 25.8 Å². The molecule has 52 heavy (non-hydrogen) atoms.